The normalized spacial score (nSPS) is 22.1. The maximum Gasteiger partial charge on any atom is 0.408 e. The molecule has 1 N–H and O–H groups in total. The third-order valence-corrected chi connectivity index (χ3v) is 7.20. The van der Waals surface area contributed by atoms with Crippen LogP contribution in [0.5, 0.6) is 28.7 Å². The summed E-state index contributed by atoms with van der Waals surface area (Å²) in [5.74, 6) is -0.626. The van der Waals surface area contributed by atoms with Crippen molar-refractivity contribution in [1.82, 2.24) is 5.32 Å². The lowest BCUT2D eigenvalue weighted by molar-refractivity contribution is -0.153. The fourth-order valence-corrected chi connectivity index (χ4v) is 5.59. The molecule has 4 atom stereocenters. The summed E-state index contributed by atoms with van der Waals surface area (Å²) >= 11 is 0. The number of amides is 1. The van der Waals surface area contributed by atoms with Gasteiger partial charge < -0.3 is 43.2 Å². The van der Waals surface area contributed by atoms with Crippen LogP contribution in [0.25, 0.3) is 0 Å². The van der Waals surface area contributed by atoms with E-state index in [0.717, 1.165) is 0 Å². The summed E-state index contributed by atoms with van der Waals surface area (Å²) in [4.78, 5) is 38.3. The molecule has 2 heterocycles. The zero-order valence-electron chi connectivity index (χ0n) is 23.7. The number of hydrogen-bond donors (Lipinski definition) is 1. The third kappa shape index (κ3) is 5.38. The first kappa shape index (κ1) is 28.2. The number of methoxy groups -OCH3 is 3. The summed E-state index contributed by atoms with van der Waals surface area (Å²) in [5, 5.41) is 2.42. The van der Waals surface area contributed by atoms with Crippen LogP contribution in [0, 0.1) is 11.8 Å². The Morgan fingerprint density at radius 1 is 0.927 bits per heavy atom. The van der Waals surface area contributed by atoms with Crippen molar-refractivity contribution in [3.05, 3.63) is 41.0 Å². The minimum Gasteiger partial charge on any atom is -0.493 e. The number of nitrogens with one attached hydrogen (secondary N) is 1. The molecule has 12 nitrogen and oxygen atoms in total. The fourth-order valence-electron chi connectivity index (χ4n) is 5.59. The molecular weight excluding hydrogens is 538 g/mol. The van der Waals surface area contributed by atoms with Crippen LogP contribution < -0.4 is 29.0 Å². The highest BCUT2D eigenvalue weighted by Crippen LogP contribution is 2.56. The fraction of sp³-hybridized carbons (Fsp3) is 0.483. The van der Waals surface area contributed by atoms with E-state index in [2.05, 4.69) is 5.32 Å². The number of benzene rings is 2. The van der Waals surface area contributed by atoms with Crippen molar-refractivity contribution in [2.75, 3.05) is 41.3 Å². The van der Waals surface area contributed by atoms with Crippen molar-refractivity contribution in [2.24, 2.45) is 11.8 Å². The Bertz CT molecular complexity index is 1340. The summed E-state index contributed by atoms with van der Waals surface area (Å²) in [6.07, 6.45) is -1.61. The number of hydrogen-bond acceptors (Lipinski definition) is 11. The smallest absolute Gasteiger partial charge is 0.408 e. The number of esters is 2. The zero-order valence-corrected chi connectivity index (χ0v) is 23.7. The van der Waals surface area contributed by atoms with Gasteiger partial charge in [0.1, 0.15) is 18.2 Å². The first-order valence-corrected chi connectivity index (χ1v) is 13.1. The van der Waals surface area contributed by atoms with E-state index in [1.54, 1.807) is 45.0 Å². The Kier molecular flexibility index (Phi) is 7.50. The number of cyclic esters (lactones) is 1. The Morgan fingerprint density at radius 2 is 1.56 bits per heavy atom. The number of carbonyl (C=O) groups is 3. The molecule has 1 unspecified atom stereocenters. The van der Waals surface area contributed by atoms with E-state index in [1.165, 1.54) is 21.3 Å². The van der Waals surface area contributed by atoms with Gasteiger partial charge in [-0.05, 0) is 56.2 Å². The number of fused-ring (bicyclic) bond motifs is 3. The lowest BCUT2D eigenvalue weighted by Crippen LogP contribution is -2.39. The van der Waals surface area contributed by atoms with Crippen LogP contribution in [0.4, 0.5) is 4.79 Å². The Labute approximate surface area is 237 Å². The maximum atomic E-state index is 13.3. The molecule has 5 rings (SSSR count). The van der Waals surface area contributed by atoms with Crippen LogP contribution in [0.15, 0.2) is 24.3 Å². The molecule has 2 aliphatic heterocycles. The van der Waals surface area contributed by atoms with Crippen molar-refractivity contribution in [3.63, 3.8) is 0 Å². The molecule has 0 saturated carbocycles. The summed E-state index contributed by atoms with van der Waals surface area (Å²) in [7, 11) is 4.54. The molecule has 1 fully saturated rings. The van der Waals surface area contributed by atoms with E-state index >= 15 is 0 Å². The van der Waals surface area contributed by atoms with Crippen molar-refractivity contribution in [2.45, 2.75) is 38.4 Å². The largest absolute Gasteiger partial charge is 0.493 e. The first-order valence-electron chi connectivity index (χ1n) is 13.1. The van der Waals surface area contributed by atoms with Crippen LogP contribution in [-0.4, -0.2) is 64.9 Å². The van der Waals surface area contributed by atoms with Crippen LogP contribution >= 0.6 is 0 Å². The molecule has 0 bridgehead atoms. The van der Waals surface area contributed by atoms with E-state index in [1.807, 2.05) is 0 Å². The van der Waals surface area contributed by atoms with E-state index in [9.17, 15) is 14.4 Å². The Hall–Kier alpha value is -4.35. The van der Waals surface area contributed by atoms with E-state index in [4.69, 9.17) is 37.9 Å². The highest BCUT2D eigenvalue weighted by atomic mass is 16.7. The van der Waals surface area contributed by atoms with Gasteiger partial charge in [-0.2, -0.15) is 0 Å². The van der Waals surface area contributed by atoms with Crippen molar-refractivity contribution in [3.8, 4) is 28.7 Å². The van der Waals surface area contributed by atoms with Gasteiger partial charge in [-0.25, -0.2) is 4.79 Å². The van der Waals surface area contributed by atoms with Gasteiger partial charge in [-0.1, -0.05) is 0 Å². The molecule has 220 valence electrons. The molecule has 3 aliphatic rings. The second kappa shape index (κ2) is 10.9. The van der Waals surface area contributed by atoms with Gasteiger partial charge >= 0.3 is 18.0 Å². The topological polar surface area (TPSA) is 137 Å². The predicted molar refractivity (Wildman–Crippen MR) is 142 cm³/mol. The molecule has 0 spiro atoms. The molecule has 0 aromatic heterocycles. The highest BCUT2D eigenvalue weighted by Gasteiger charge is 2.54. The molecule has 0 radical (unpaired) electrons. The minimum absolute atomic E-state index is 0.0340. The molecule has 1 saturated heterocycles. The summed E-state index contributed by atoms with van der Waals surface area (Å²) in [5.41, 5.74) is 1.32. The predicted octanol–water partition coefficient (Wildman–Crippen LogP) is 3.48. The Morgan fingerprint density at radius 3 is 2.15 bits per heavy atom. The van der Waals surface area contributed by atoms with Crippen molar-refractivity contribution < 1.29 is 52.3 Å². The number of ether oxygens (including phenoxy) is 8. The molecule has 12 heteroatoms. The zero-order chi connectivity index (χ0) is 29.5. The number of carbonyl (C=O) groups excluding carboxylic acids is 3. The molecule has 2 aromatic rings. The van der Waals surface area contributed by atoms with E-state index in [0.29, 0.717) is 45.4 Å². The maximum absolute atomic E-state index is 13.3. The Balaban J connectivity index is 1.55. The third-order valence-electron chi connectivity index (χ3n) is 7.20. The summed E-state index contributed by atoms with van der Waals surface area (Å²) in [6, 6.07) is 7.15. The second-order valence-corrected chi connectivity index (χ2v) is 10.9. The summed E-state index contributed by atoms with van der Waals surface area (Å²) < 4.78 is 44.6. The van der Waals surface area contributed by atoms with Gasteiger partial charge in [-0.3, -0.25) is 9.59 Å². The molecule has 1 amide bonds. The van der Waals surface area contributed by atoms with Gasteiger partial charge in [0.25, 0.3) is 0 Å². The monoisotopic (exact) mass is 571 g/mol. The minimum atomic E-state index is -0.859. The molecule has 41 heavy (non-hydrogen) atoms. The average Bonchev–Trinajstić information content (AvgIpc) is 3.55. The number of alkyl carbamates (subject to hydrolysis) is 1. The standard InChI is InChI=1S/C29H33NO11/c1-29(2,3)41-28(33)30-11-22(31)40-25-16-10-19-18(38-13-39-19)9-15(16)23(24-17(25)12-37-27(24)32)14-7-20(34-4)26(36-6)21(8-14)35-5/h7-10,17,23-25H,11-13H2,1-6H3,(H,30,33)/t17?,23-,24+,25+/m1/s1. The lowest BCUT2D eigenvalue weighted by atomic mass is 9.66. The van der Waals surface area contributed by atoms with Crippen LogP contribution in [-0.2, 0) is 23.8 Å². The first-order chi connectivity index (χ1) is 19.5. The summed E-state index contributed by atoms with van der Waals surface area (Å²) in [6.45, 7) is 4.80. The van der Waals surface area contributed by atoms with Gasteiger partial charge in [-0.15, -0.1) is 0 Å². The average molecular weight is 572 g/mol. The molecule has 2 aromatic carbocycles. The SMILES string of the molecule is COc1cc([C@@H]2c3cc4c(cc3[C@H](OC(=O)CNC(=O)OC(C)(C)C)C3COC(=O)[C@@H]32)OCO4)cc(OC)c1OC. The van der Waals surface area contributed by atoms with Gasteiger partial charge in [0.05, 0.1) is 33.9 Å². The van der Waals surface area contributed by atoms with Crippen molar-refractivity contribution >= 4 is 18.0 Å². The van der Waals surface area contributed by atoms with Gasteiger partial charge in [0.15, 0.2) is 23.0 Å². The highest BCUT2D eigenvalue weighted by molar-refractivity contribution is 5.81. The molecule has 1 aliphatic carbocycles. The quantitative estimate of drug-likeness (QED) is 0.386. The lowest BCUT2D eigenvalue weighted by Gasteiger charge is -2.38. The van der Waals surface area contributed by atoms with E-state index in [-0.39, 0.29) is 13.4 Å². The van der Waals surface area contributed by atoms with Crippen LogP contribution in [0.1, 0.15) is 49.5 Å². The van der Waals surface area contributed by atoms with Crippen LogP contribution in [0.2, 0.25) is 0 Å². The van der Waals surface area contributed by atoms with Gasteiger partial charge in [0, 0.05) is 17.4 Å². The molecular formula is C29H33NO11. The van der Waals surface area contributed by atoms with Crippen molar-refractivity contribution in [1.29, 1.82) is 0 Å². The second-order valence-electron chi connectivity index (χ2n) is 10.9. The van der Waals surface area contributed by atoms with Crippen LogP contribution in [0.3, 0.4) is 0 Å². The number of rotatable bonds is 7. The van der Waals surface area contributed by atoms with Gasteiger partial charge in [0.2, 0.25) is 12.5 Å². The van der Waals surface area contributed by atoms with E-state index < -0.39 is 54.0 Å².